The van der Waals surface area contributed by atoms with Gasteiger partial charge >= 0.3 is 12.0 Å². The number of carbonyl (C=O) groups is 2. The van der Waals surface area contributed by atoms with E-state index in [1.54, 1.807) is 49.4 Å². The molecule has 0 fully saturated rings. The van der Waals surface area contributed by atoms with Crippen LogP contribution >= 0.6 is 23.2 Å². The number of aliphatic carboxylic acids is 1. The van der Waals surface area contributed by atoms with Crippen molar-refractivity contribution >= 4 is 40.9 Å². The highest BCUT2D eigenvalue weighted by Gasteiger charge is 2.18. The molecule has 226 valence electrons. The van der Waals surface area contributed by atoms with Crippen LogP contribution in [0.2, 0.25) is 10.0 Å². The molecular formula is C30H32Cl2F2N2O6. The second-order valence-corrected chi connectivity index (χ2v) is 10.1. The first-order chi connectivity index (χ1) is 20.1. The maximum absolute atomic E-state index is 13.6. The number of rotatable bonds is 16. The highest BCUT2D eigenvalue weighted by molar-refractivity contribution is 6.34. The van der Waals surface area contributed by atoms with Gasteiger partial charge in [-0.05, 0) is 67.8 Å². The van der Waals surface area contributed by atoms with Gasteiger partial charge in [0.25, 0.3) is 0 Å². The number of hydrogen-bond donors (Lipinski definition) is 2. The van der Waals surface area contributed by atoms with Crippen LogP contribution in [0.4, 0.5) is 19.3 Å². The number of carboxylic acid groups (broad SMARTS) is 1. The average Bonchev–Trinajstić information content (AvgIpc) is 2.94. The van der Waals surface area contributed by atoms with Crippen LogP contribution in [0.1, 0.15) is 25.3 Å². The number of nitrogens with zero attached hydrogens (tertiary/aromatic N) is 1. The van der Waals surface area contributed by atoms with Gasteiger partial charge in [0.1, 0.15) is 18.1 Å². The van der Waals surface area contributed by atoms with Crippen molar-refractivity contribution in [3.05, 3.63) is 87.9 Å². The van der Waals surface area contributed by atoms with Crippen LogP contribution in [0.5, 0.6) is 11.5 Å². The van der Waals surface area contributed by atoms with E-state index in [1.807, 2.05) is 0 Å². The first-order valence-corrected chi connectivity index (χ1v) is 14.1. The summed E-state index contributed by atoms with van der Waals surface area (Å²) in [5, 5.41) is 12.8. The number of hydrogen-bond acceptors (Lipinski definition) is 5. The van der Waals surface area contributed by atoms with Crippen molar-refractivity contribution in [1.82, 2.24) is 4.90 Å². The van der Waals surface area contributed by atoms with E-state index in [0.717, 1.165) is 17.7 Å². The topological polar surface area (TPSA) is 97.3 Å². The lowest BCUT2D eigenvalue weighted by atomic mass is 10.1. The molecule has 2 amide bonds. The minimum atomic E-state index is -1.07. The number of halogens is 4. The Balaban J connectivity index is 1.54. The Kier molecular flexibility index (Phi) is 13.1. The van der Waals surface area contributed by atoms with Crippen LogP contribution < -0.4 is 14.8 Å². The molecule has 2 N–H and O–H groups in total. The molecule has 3 aromatic carbocycles. The zero-order valence-corrected chi connectivity index (χ0v) is 24.5. The number of carboxylic acids is 1. The second-order valence-electron chi connectivity index (χ2n) is 9.19. The van der Waals surface area contributed by atoms with Gasteiger partial charge in [-0.1, -0.05) is 35.3 Å². The summed E-state index contributed by atoms with van der Waals surface area (Å²) in [5.74, 6) is -2.03. The fourth-order valence-electron chi connectivity index (χ4n) is 3.93. The molecule has 0 heterocycles. The predicted octanol–water partition coefficient (Wildman–Crippen LogP) is 7.08. The summed E-state index contributed by atoms with van der Waals surface area (Å²) in [4.78, 5) is 25.8. The van der Waals surface area contributed by atoms with E-state index in [-0.39, 0.29) is 25.3 Å². The summed E-state index contributed by atoms with van der Waals surface area (Å²) in [5.41, 5.74) is 0.895. The molecule has 0 radical (unpaired) electrons. The second kappa shape index (κ2) is 16.7. The maximum Gasteiger partial charge on any atom is 0.333 e. The third-order valence-electron chi connectivity index (χ3n) is 6.00. The maximum atomic E-state index is 13.6. The largest absolute Gasteiger partial charge is 0.493 e. The molecule has 0 saturated heterocycles. The van der Waals surface area contributed by atoms with Crippen LogP contribution in [0.25, 0.3) is 0 Å². The Morgan fingerprint density at radius 2 is 1.57 bits per heavy atom. The lowest BCUT2D eigenvalue weighted by molar-refractivity contribution is -0.149. The first kappa shape index (κ1) is 32.9. The average molecular weight is 625 g/mol. The Labute approximate surface area is 253 Å². The van der Waals surface area contributed by atoms with E-state index in [2.05, 4.69) is 5.32 Å². The Hall–Kier alpha value is -3.60. The molecule has 8 nitrogen and oxygen atoms in total. The standard InChI is InChI=1S/C30H32Cl2F2N2O6/c1-2-40-28(29(37)38)15-20-5-8-24(9-6-20)42-14-12-36(30(39)35-23-7-10-26(33)27(34)19-23)11-3-4-13-41-25-17-21(31)16-22(32)18-25/h5-10,16-19,28H,2-4,11-15H2,1H3,(H,35,39)(H,37,38). The summed E-state index contributed by atoms with van der Waals surface area (Å²) >= 11 is 12.0. The fraction of sp³-hybridized carbons (Fsp3) is 0.333. The van der Waals surface area contributed by atoms with Crippen LogP contribution in [0.15, 0.2) is 60.7 Å². The fourth-order valence-corrected chi connectivity index (χ4v) is 4.43. The molecule has 0 aromatic heterocycles. The Bertz CT molecular complexity index is 1310. The zero-order valence-electron chi connectivity index (χ0n) is 23.0. The van der Waals surface area contributed by atoms with Crippen LogP contribution in [0.3, 0.4) is 0 Å². The predicted molar refractivity (Wildman–Crippen MR) is 157 cm³/mol. The van der Waals surface area contributed by atoms with Gasteiger partial charge < -0.3 is 29.5 Å². The molecule has 0 bridgehead atoms. The molecule has 0 saturated carbocycles. The summed E-state index contributed by atoms with van der Waals surface area (Å²) < 4.78 is 43.7. The quantitative estimate of drug-likeness (QED) is 0.165. The van der Waals surface area contributed by atoms with Gasteiger partial charge in [-0.25, -0.2) is 18.4 Å². The molecule has 0 aliphatic rings. The van der Waals surface area contributed by atoms with E-state index in [9.17, 15) is 23.5 Å². The van der Waals surface area contributed by atoms with E-state index >= 15 is 0 Å². The summed E-state index contributed by atoms with van der Waals surface area (Å²) in [6.45, 7) is 3.09. The molecule has 1 atom stereocenters. The van der Waals surface area contributed by atoms with Gasteiger partial charge in [0.15, 0.2) is 17.7 Å². The number of ether oxygens (including phenoxy) is 3. The summed E-state index contributed by atoms with van der Waals surface area (Å²) in [6, 6.07) is 14.5. The zero-order chi connectivity index (χ0) is 30.5. The van der Waals surface area contributed by atoms with Crippen molar-refractivity contribution in [3.63, 3.8) is 0 Å². The molecule has 0 aliphatic carbocycles. The highest BCUT2D eigenvalue weighted by Crippen LogP contribution is 2.24. The van der Waals surface area contributed by atoms with Crippen molar-refractivity contribution in [1.29, 1.82) is 0 Å². The third kappa shape index (κ3) is 11.0. The first-order valence-electron chi connectivity index (χ1n) is 13.3. The molecule has 3 aromatic rings. The number of urea groups is 1. The van der Waals surface area contributed by atoms with Gasteiger partial charge in [-0.2, -0.15) is 0 Å². The molecular weight excluding hydrogens is 593 g/mol. The number of nitrogens with one attached hydrogen (secondary N) is 1. The number of anilines is 1. The van der Waals surface area contributed by atoms with E-state index in [0.29, 0.717) is 54.1 Å². The van der Waals surface area contributed by atoms with Crippen molar-refractivity contribution in [3.8, 4) is 11.5 Å². The van der Waals surface area contributed by atoms with Crippen LogP contribution in [-0.2, 0) is 16.0 Å². The summed E-state index contributed by atoms with van der Waals surface area (Å²) in [6.07, 6.45) is 0.478. The lowest BCUT2D eigenvalue weighted by Gasteiger charge is -2.23. The normalized spacial score (nSPS) is 11.5. The van der Waals surface area contributed by atoms with E-state index in [4.69, 9.17) is 37.4 Å². The van der Waals surface area contributed by atoms with Gasteiger partial charge in [-0.15, -0.1) is 0 Å². The molecule has 0 aliphatic heterocycles. The molecule has 3 rings (SSSR count). The van der Waals surface area contributed by atoms with Crippen molar-refractivity contribution in [2.75, 3.05) is 38.2 Å². The highest BCUT2D eigenvalue weighted by atomic mass is 35.5. The molecule has 0 spiro atoms. The smallest absolute Gasteiger partial charge is 0.333 e. The van der Waals surface area contributed by atoms with Gasteiger partial charge in [0, 0.05) is 41.4 Å². The number of carbonyl (C=O) groups excluding carboxylic acids is 1. The monoisotopic (exact) mass is 624 g/mol. The number of amides is 2. The van der Waals surface area contributed by atoms with Gasteiger partial charge in [-0.3, -0.25) is 0 Å². The van der Waals surface area contributed by atoms with Crippen molar-refractivity contribution < 1.29 is 37.7 Å². The third-order valence-corrected chi connectivity index (χ3v) is 6.44. The molecule has 1 unspecified atom stereocenters. The Morgan fingerprint density at radius 1 is 0.881 bits per heavy atom. The minimum Gasteiger partial charge on any atom is -0.493 e. The SMILES string of the molecule is CCOC(Cc1ccc(OCCN(CCCCOc2cc(Cl)cc(Cl)c2)C(=O)Nc2ccc(F)c(F)c2)cc1)C(=O)O. The van der Waals surface area contributed by atoms with Crippen LogP contribution in [0, 0.1) is 11.6 Å². The van der Waals surface area contributed by atoms with Gasteiger partial charge in [0.2, 0.25) is 0 Å². The van der Waals surface area contributed by atoms with E-state index in [1.165, 1.54) is 11.0 Å². The van der Waals surface area contributed by atoms with Crippen molar-refractivity contribution in [2.45, 2.75) is 32.3 Å². The molecule has 12 heteroatoms. The number of unbranched alkanes of at least 4 members (excludes halogenated alkanes) is 1. The minimum absolute atomic E-state index is 0.119. The molecule has 42 heavy (non-hydrogen) atoms. The Morgan fingerprint density at radius 3 is 2.21 bits per heavy atom. The van der Waals surface area contributed by atoms with Crippen LogP contribution in [-0.4, -0.2) is 61.0 Å². The van der Waals surface area contributed by atoms with Crippen molar-refractivity contribution in [2.24, 2.45) is 0 Å². The number of benzene rings is 3. The van der Waals surface area contributed by atoms with Gasteiger partial charge in [0.05, 0.1) is 13.2 Å². The van der Waals surface area contributed by atoms with E-state index < -0.39 is 29.7 Å². The lowest BCUT2D eigenvalue weighted by Crippen LogP contribution is -2.38. The summed E-state index contributed by atoms with van der Waals surface area (Å²) in [7, 11) is 0.